The molecule has 0 saturated heterocycles. The van der Waals surface area contributed by atoms with Gasteiger partial charge in [-0.2, -0.15) is 0 Å². The molecule has 0 amide bonds. The molecule has 0 aliphatic heterocycles. The molecule has 0 heterocycles. The van der Waals surface area contributed by atoms with E-state index in [1.165, 1.54) is 7.11 Å². The van der Waals surface area contributed by atoms with Crippen molar-refractivity contribution in [3.8, 4) is 0 Å². The second-order valence-electron chi connectivity index (χ2n) is 5.79. The fourth-order valence-corrected chi connectivity index (χ4v) is 3.60. The van der Waals surface area contributed by atoms with Gasteiger partial charge in [-0.25, -0.2) is 13.2 Å². The van der Waals surface area contributed by atoms with Crippen LogP contribution in [0.1, 0.15) is 49.5 Å². The minimum atomic E-state index is -2.40. The maximum atomic E-state index is 11.5. The van der Waals surface area contributed by atoms with E-state index in [-0.39, 0.29) is 23.1 Å². The topological polar surface area (TPSA) is 60.4 Å². The molecule has 0 N–H and O–H groups in total. The summed E-state index contributed by atoms with van der Waals surface area (Å²) in [6.45, 7) is 6.17. The number of rotatable bonds is 7. The molecule has 1 rings (SSSR count). The van der Waals surface area contributed by atoms with Gasteiger partial charge in [0.1, 0.15) is 10.7 Å². The van der Waals surface area contributed by atoms with Crippen LogP contribution < -0.4 is 0 Å². The van der Waals surface area contributed by atoms with Crippen LogP contribution in [0.25, 0.3) is 0 Å². The molecule has 0 aromatic heterocycles. The Labute approximate surface area is 128 Å². The van der Waals surface area contributed by atoms with E-state index in [9.17, 15) is 13.2 Å². The zero-order chi connectivity index (χ0) is 16.0. The summed E-state index contributed by atoms with van der Waals surface area (Å²) < 4.78 is 26.9. The van der Waals surface area contributed by atoms with Crippen molar-refractivity contribution in [2.75, 3.05) is 12.9 Å². The van der Waals surface area contributed by atoms with E-state index in [1.54, 1.807) is 12.1 Å². The highest BCUT2D eigenvalue weighted by atomic mass is 32.2. The summed E-state index contributed by atoms with van der Waals surface area (Å²) in [7, 11) is -1.05. The van der Waals surface area contributed by atoms with E-state index in [2.05, 4.69) is 25.5 Å². The van der Waals surface area contributed by atoms with Gasteiger partial charge in [0.15, 0.2) is 0 Å². The van der Waals surface area contributed by atoms with Crippen LogP contribution in [0.3, 0.4) is 0 Å². The van der Waals surface area contributed by atoms with Gasteiger partial charge >= 0.3 is 5.97 Å². The van der Waals surface area contributed by atoms with Gasteiger partial charge < -0.3 is 4.74 Å². The minimum absolute atomic E-state index is 0.0626. The molecule has 1 atom stereocenters. The molecule has 1 aromatic carbocycles. The number of carbonyl (C=O) groups excluding carboxylic acids is 1. The first-order valence-corrected chi connectivity index (χ1v) is 8.49. The summed E-state index contributed by atoms with van der Waals surface area (Å²) in [5.41, 5.74) is 1.27. The van der Waals surface area contributed by atoms with Crippen molar-refractivity contribution >= 4 is 16.7 Å². The predicted molar refractivity (Wildman–Crippen MR) is 84.4 cm³/mol. The number of benzene rings is 1. The Morgan fingerprint density at radius 3 is 2.24 bits per heavy atom. The monoisotopic (exact) mass is 312 g/mol. The maximum Gasteiger partial charge on any atom is 0.337 e. The third kappa shape index (κ3) is 4.56. The molecule has 0 radical (unpaired) electrons. The lowest BCUT2D eigenvalue weighted by atomic mass is 9.72. The number of thiol groups is 1. The zero-order valence-corrected chi connectivity index (χ0v) is 14.0. The third-order valence-electron chi connectivity index (χ3n) is 4.08. The normalized spacial score (nSPS) is 13.2. The minimum Gasteiger partial charge on any atom is -0.465 e. The molecule has 0 spiro atoms. The van der Waals surface area contributed by atoms with Gasteiger partial charge in [0, 0.05) is 0 Å². The lowest BCUT2D eigenvalue weighted by Crippen LogP contribution is -2.32. The number of methoxy groups -OCH3 is 1. The smallest absolute Gasteiger partial charge is 0.337 e. The molecule has 0 aliphatic carbocycles. The SMILES string of the molecule is CCCC(C[SH](=O)=O)C(C)(C)c1ccc(C(=O)OC)cc1. The second-order valence-corrected chi connectivity index (χ2v) is 6.82. The van der Waals surface area contributed by atoms with Gasteiger partial charge in [-0.15, -0.1) is 0 Å². The Kier molecular flexibility index (Phi) is 6.40. The van der Waals surface area contributed by atoms with Crippen molar-refractivity contribution in [3.63, 3.8) is 0 Å². The summed E-state index contributed by atoms with van der Waals surface area (Å²) in [5, 5.41) is 0. The second kappa shape index (κ2) is 7.59. The predicted octanol–water partition coefficient (Wildman–Crippen LogP) is 2.78. The zero-order valence-electron chi connectivity index (χ0n) is 13.1. The molecule has 118 valence electrons. The summed E-state index contributed by atoms with van der Waals surface area (Å²) in [4.78, 5) is 11.5. The van der Waals surface area contributed by atoms with Gasteiger partial charge in [-0.05, 0) is 35.4 Å². The van der Waals surface area contributed by atoms with Crippen LogP contribution in [-0.2, 0) is 20.9 Å². The summed E-state index contributed by atoms with van der Waals surface area (Å²) in [6, 6.07) is 7.21. The van der Waals surface area contributed by atoms with Crippen LogP contribution in [0.5, 0.6) is 0 Å². The van der Waals surface area contributed by atoms with Crippen molar-refractivity contribution in [2.24, 2.45) is 5.92 Å². The highest BCUT2D eigenvalue weighted by Crippen LogP contribution is 2.35. The van der Waals surface area contributed by atoms with E-state index in [4.69, 9.17) is 0 Å². The molecule has 5 heteroatoms. The van der Waals surface area contributed by atoms with Crippen LogP contribution in [0, 0.1) is 5.92 Å². The molecule has 0 bridgehead atoms. The van der Waals surface area contributed by atoms with Gasteiger partial charge in [0.2, 0.25) is 0 Å². The highest BCUT2D eigenvalue weighted by Gasteiger charge is 2.31. The molecule has 0 aliphatic rings. The van der Waals surface area contributed by atoms with Crippen molar-refractivity contribution in [2.45, 2.75) is 39.0 Å². The van der Waals surface area contributed by atoms with Crippen molar-refractivity contribution in [3.05, 3.63) is 35.4 Å². The van der Waals surface area contributed by atoms with Gasteiger partial charge in [-0.3, -0.25) is 0 Å². The molecule has 1 aromatic rings. The maximum absolute atomic E-state index is 11.5. The number of hydrogen-bond acceptors (Lipinski definition) is 4. The van der Waals surface area contributed by atoms with E-state index < -0.39 is 10.7 Å². The Morgan fingerprint density at radius 1 is 1.24 bits per heavy atom. The molecule has 4 nitrogen and oxygen atoms in total. The van der Waals surface area contributed by atoms with E-state index in [0.29, 0.717) is 5.56 Å². The molecule has 0 fully saturated rings. The van der Waals surface area contributed by atoms with Gasteiger partial charge in [0.25, 0.3) is 0 Å². The van der Waals surface area contributed by atoms with Gasteiger partial charge in [-0.1, -0.05) is 39.3 Å². The first-order valence-electron chi connectivity index (χ1n) is 7.13. The van der Waals surface area contributed by atoms with Crippen LogP contribution in [0.15, 0.2) is 24.3 Å². The first-order chi connectivity index (χ1) is 9.82. The Bertz CT molecular complexity index is 536. The van der Waals surface area contributed by atoms with Crippen LogP contribution in [0.4, 0.5) is 0 Å². The van der Waals surface area contributed by atoms with E-state index in [0.717, 1.165) is 18.4 Å². The highest BCUT2D eigenvalue weighted by molar-refractivity contribution is 7.72. The number of hydrogen-bond donors (Lipinski definition) is 1. The van der Waals surface area contributed by atoms with Crippen molar-refractivity contribution in [1.82, 2.24) is 0 Å². The Hall–Kier alpha value is -1.36. The quantitative estimate of drug-likeness (QED) is 0.621. The first kappa shape index (κ1) is 17.7. The third-order valence-corrected chi connectivity index (χ3v) is 4.82. The number of carbonyl (C=O) groups is 1. The molecular formula is C16H24O4S. The summed E-state index contributed by atoms with van der Waals surface area (Å²) in [5.74, 6) is -0.116. The van der Waals surface area contributed by atoms with Crippen LogP contribution in [-0.4, -0.2) is 27.2 Å². The van der Waals surface area contributed by atoms with Crippen molar-refractivity contribution in [1.29, 1.82) is 0 Å². The molecular weight excluding hydrogens is 288 g/mol. The largest absolute Gasteiger partial charge is 0.465 e. The van der Waals surface area contributed by atoms with Gasteiger partial charge in [0.05, 0.1) is 18.4 Å². The summed E-state index contributed by atoms with van der Waals surface area (Å²) >= 11 is 0. The fraction of sp³-hybridized carbons (Fsp3) is 0.562. The summed E-state index contributed by atoms with van der Waals surface area (Å²) in [6.07, 6.45) is 1.80. The Balaban J connectivity index is 3.06. The standard InChI is InChI=1S/C16H24O4S/c1-5-6-14(11-21(18)19)16(2,3)13-9-7-12(8-10-13)15(17)20-4/h7-10,14,21H,5-6,11H2,1-4H3. The van der Waals surface area contributed by atoms with Crippen LogP contribution >= 0.6 is 0 Å². The number of esters is 1. The average Bonchev–Trinajstić information content (AvgIpc) is 2.45. The molecule has 1 unspecified atom stereocenters. The lowest BCUT2D eigenvalue weighted by Gasteiger charge is -2.34. The van der Waals surface area contributed by atoms with E-state index >= 15 is 0 Å². The molecule has 21 heavy (non-hydrogen) atoms. The van der Waals surface area contributed by atoms with E-state index in [1.807, 2.05) is 12.1 Å². The fourth-order valence-electron chi connectivity index (χ4n) is 2.60. The van der Waals surface area contributed by atoms with Crippen LogP contribution in [0.2, 0.25) is 0 Å². The van der Waals surface area contributed by atoms with Crippen molar-refractivity contribution < 1.29 is 17.9 Å². The molecule has 0 saturated carbocycles. The average molecular weight is 312 g/mol. The number of ether oxygens (including phenoxy) is 1. The lowest BCUT2D eigenvalue weighted by molar-refractivity contribution is 0.0600. The Morgan fingerprint density at radius 2 is 1.81 bits per heavy atom.